The van der Waals surface area contributed by atoms with Gasteiger partial charge in [0.05, 0.1) is 6.61 Å². The van der Waals surface area contributed by atoms with E-state index in [-0.39, 0.29) is 16.8 Å². The molecule has 0 aromatic heterocycles. The largest absolute Gasteiger partial charge is 0.492 e. The first-order valence-corrected chi connectivity index (χ1v) is 6.65. The van der Waals surface area contributed by atoms with Crippen LogP contribution in [0.4, 0.5) is 8.78 Å². The van der Waals surface area contributed by atoms with Crippen LogP contribution in [-0.4, -0.2) is 12.4 Å². The predicted octanol–water partition coefficient (Wildman–Crippen LogP) is 3.87. The van der Waals surface area contributed by atoms with E-state index in [9.17, 15) is 13.6 Å². The summed E-state index contributed by atoms with van der Waals surface area (Å²) in [7, 11) is 0. The normalized spacial score (nSPS) is 15.4. The molecule has 1 aliphatic rings. The van der Waals surface area contributed by atoms with Gasteiger partial charge in [0.15, 0.2) is 17.4 Å². The summed E-state index contributed by atoms with van der Waals surface area (Å²) in [5.41, 5.74) is 1.36. The van der Waals surface area contributed by atoms with Crippen LogP contribution < -0.4 is 4.74 Å². The maximum Gasteiger partial charge on any atom is 0.193 e. The third-order valence-corrected chi connectivity index (χ3v) is 3.74. The molecule has 0 amide bonds. The number of carbonyl (C=O) groups excluding carboxylic acids is 1. The quantitative estimate of drug-likeness (QED) is 0.784. The molecular weight excluding hydrogens is 274 g/mol. The Hall–Kier alpha value is -2.23. The standard InChI is InChI=1S/C17H14F2O2/c1-17(2)9-21-15-6-4-10(7-12(15)17)16(20)11-3-5-13(18)14(19)8-11/h3-8H,9H2,1-2H3. The minimum Gasteiger partial charge on any atom is -0.492 e. The summed E-state index contributed by atoms with van der Waals surface area (Å²) in [5, 5.41) is 0. The average Bonchev–Trinajstić information content (AvgIpc) is 2.76. The number of hydrogen-bond acceptors (Lipinski definition) is 2. The van der Waals surface area contributed by atoms with Gasteiger partial charge in [-0.15, -0.1) is 0 Å². The van der Waals surface area contributed by atoms with E-state index in [2.05, 4.69) is 0 Å². The molecule has 4 heteroatoms. The second-order valence-electron chi connectivity index (χ2n) is 5.84. The smallest absolute Gasteiger partial charge is 0.193 e. The zero-order valence-corrected chi connectivity index (χ0v) is 11.7. The molecule has 0 radical (unpaired) electrons. The fourth-order valence-electron chi connectivity index (χ4n) is 2.47. The van der Waals surface area contributed by atoms with Gasteiger partial charge in [-0.05, 0) is 36.4 Å². The summed E-state index contributed by atoms with van der Waals surface area (Å²) in [6, 6.07) is 8.33. The molecule has 0 bridgehead atoms. The van der Waals surface area contributed by atoms with Crippen LogP contribution >= 0.6 is 0 Å². The Kier molecular flexibility index (Phi) is 3.04. The van der Waals surface area contributed by atoms with E-state index in [1.165, 1.54) is 6.07 Å². The Morgan fingerprint density at radius 3 is 2.43 bits per heavy atom. The van der Waals surface area contributed by atoms with Gasteiger partial charge >= 0.3 is 0 Å². The molecule has 2 aromatic carbocycles. The van der Waals surface area contributed by atoms with Gasteiger partial charge < -0.3 is 4.74 Å². The van der Waals surface area contributed by atoms with Crippen LogP contribution in [0.25, 0.3) is 0 Å². The minimum atomic E-state index is -1.02. The zero-order valence-electron chi connectivity index (χ0n) is 11.7. The lowest BCUT2D eigenvalue weighted by Crippen LogP contribution is -2.18. The topological polar surface area (TPSA) is 26.3 Å². The van der Waals surface area contributed by atoms with Crippen molar-refractivity contribution in [2.45, 2.75) is 19.3 Å². The molecule has 0 aliphatic carbocycles. The van der Waals surface area contributed by atoms with Crippen molar-refractivity contribution in [3.05, 3.63) is 64.7 Å². The molecule has 0 spiro atoms. The first-order chi connectivity index (χ1) is 9.88. The molecule has 0 saturated heterocycles. The van der Waals surface area contributed by atoms with E-state index in [1.54, 1.807) is 18.2 Å². The van der Waals surface area contributed by atoms with Crippen molar-refractivity contribution < 1.29 is 18.3 Å². The van der Waals surface area contributed by atoms with Crippen molar-refractivity contribution >= 4 is 5.78 Å². The fraction of sp³-hybridized carbons (Fsp3) is 0.235. The molecule has 108 valence electrons. The molecule has 2 aromatic rings. The van der Waals surface area contributed by atoms with Gasteiger partial charge in [0.2, 0.25) is 0 Å². The summed E-state index contributed by atoms with van der Waals surface area (Å²) >= 11 is 0. The van der Waals surface area contributed by atoms with Crippen molar-refractivity contribution in [1.82, 2.24) is 0 Å². The van der Waals surface area contributed by atoms with E-state index < -0.39 is 11.6 Å². The Bertz CT molecular complexity index is 736. The first kappa shape index (κ1) is 13.7. The van der Waals surface area contributed by atoms with Gasteiger partial charge in [0.25, 0.3) is 0 Å². The number of carbonyl (C=O) groups is 1. The van der Waals surface area contributed by atoms with Crippen LogP contribution in [0.15, 0.2) is 36.4 Å². The molecule has 1 heterocycles. The van der Waals surface area contributed by atoms with Crippen LogP contribution in [0, 0.1) is 11.6 Å². The number of fused-ring (bicyclic) bond motifs is 1. The third kappa shape index (κ3) is 2.31. The molecule has 0 atom stereocenters. The van der Waals surface area contributed by atoms with Gasteiger partial charge in [-0.3, -0.25) is 4.79 Å². The molecular formula is C17H14F2O2. The van der Waals surface area contributed by atoms with E-state index >= 15 is 0 Å². The number of halogens is 2. The van der Waals surface area contributed by atoms with Gasteiger partial charge in [-0.2, -0.15) is 0 Å². The average molecular weight is 288 g/mol. The molecule has 3 rings (SSSR count). The molecule has 0 unspecified atom stereocenters. The first-order valence-electron chi connectivity index (χ1n) is 6.65. The Balaban J connectivity index is 2.01. The van der Waals surface area contributed by atoms with Crippen molar-refractivity contribution in [2.75, 3.05) is 6.61 Å². The van der Waals surface area contributed by atoms with Crippen molar-refractivity contribution in [3.8, 4) is 5.75 Å². The number of hydrogen-bond donors (Lipinski definition) is 0. The highest BCUT2D eigenvalue weighted by Gasteiger charge is 2.32. The summed E-state index contributed by atoms with van der Waals surface area (Å²) in [5.74, 6) is -1.55. The summed E-state index contributed by atoms with van der Waals surface area (Å²) in [4.78, 5) is 12.4. The number of benzene rings is 2. The predicted molar refractivity (Wildman–Crippen MR) is 74.8 cm³/mol. The summed E-state index contributed by atoms with van der Waals surface area (Å²) in [6.45, 7) is 4.63. The maximum atomic E-state index is 13.3. The van der Waals surface area contributed by atoms with Crippen LogP contribution in [0.5, 0.6) is 5.75 Å². The maximum absolute atomic E-state index is 13.3. The zero-order chi connectivity index (χ0) is 15.2. The SMILES string of the molecule is CC1(C)COc2ccc(C(=O)c3ccc(F)c(F)c3)cc21. The Morgan fingerprint density at radius 1 is 1.05 bits per heavy atom. The van der Waals surface area contributed by atoms with Gasteiger partial charge in [-0.1, -0.05) is 13.8 Å². The Labute approximate surface area is 121 Å². The number of ether oxygens (including phenoxy) is 1. The second kappa shape index (κ2) is 4.65. The lowest BCUT2D eigenvalue weighted by atomic mass is 9.85. The lowest BCUT2D eigenvalue weighted by molar-refractivity contribution is 0.103. The van der Waals surface area contributed by atoms with Gasteiger partial charge in [0.1, 0.15) is 5.75 Å². The molecule has 21 heavy (non-hydrogen) atoms. The molecule has 0 fully saturated rings. The van der Waals surface area contributed by atoms with Crippen molar-refractivity contribution in [3.63, 3.8) is 0 Å². The molecule has 0 saturated carbocycles. The third-order valence-electron chi connectivity index (χ3n) is 3.74. The highest BCUT2D eigenvalue weighted by Crippen LogP contribution is 2.38. The summed E-state index contributed by atoms with van der Waals surface area (Å²) < 4.78 is 31.8. The van der Waals surface area contributed by atoms with Crippen LogP contribution in [0.2, 0.25) is 0 Å². The van der Waals surface area contributed by atoms with Crippen LogP contribution in [-0.2, 0) is 5.41 Å². The molecule has 2 nitrogen and oxygen atoms in total. The lowest BCUT2D eigenvalue weighted by Gasteiger charge is -2.15. The fourth-order valence-corrected chi connectivity index (χ4v) is 2.47. The van der Waals surface area contributed by atoms with Crippen LogP contribution in [0.1, 0.15) is 35.3 Å². The van der Waals surface area contributed by atoms with Crippen molar-refractivity contribution in [1.29, 1.82) is 0 Å². The van der Waals surface area contributed by atoms with Gasteiger partial charge in [0, 0.05) is 22.1 Å². The van der Waals surface area contributed by atoms with E-state index in [1.807, 2.05) is 13.8 Å². The van der Waals surface area contributed by atoms with E-state index in [0.717, 1.165) is 23.4 Å². The summed E-state index contributed by atoms with van der Waals surface area (Å²) in [6.07, 6.45) is 0. The second-order valence-corrected chi connectivity index (χ2v) is 5.84. The monoisotopic (exact) mass is 288 g/mol. The van der Waals surface area contributed by atoms with Crippen LogP contribution in [0.3, 0.4) is 0 Å². The Morgan fingerprint density at radius 2 is 1.71 bits per heavy atom. The minimum absolute atomic E-state index is 0.130. The molecule has 1 aliphatic heterocycles. The van der Waals surface area contributed by atoms with Gasteiger partial charge in [-0.25, -0.2) is 8.78 Å². The number of rotatable bonds is 2. The number of ketones is 1. The highest BCUT2D eigenvalue weighted by molar-refractivity contribution is 6.09. The van der Waals surface area contributed by atoms with Crippen molar-refractivity contribution in [2.24, 2.45) is 0 Å². The van der Waals surface area contributed by atoms with E-state index in [0.29, 0.717) is 12.2 Å². The highest BCUT2D eigenvalue weighted by atomic mass is 19.2. The molecule has 0 N–H and O–H groups in total. The van der Waals surface area contributed by atoms with E-state index in [4.69, 9.17) is 4.74 Å².